The molecule has 5 aliphatic rings. The highest BCUT2D eigenvalue weighted by atomic mass is 16.6. The zero-order valence-electron chi connectivity index (χ0n) is 17.0. The van der Waals surface area contributed by atoms with Gasteiger partial charge >= 0.3 is 5.69 Å². The maximum absolute atomic E-state index is 11.1. The first kappa shape index (κ1) is 19.1. The van der Waals surface area contributed by atoms with Gasteiger partial charge in [-0.1, -0.05) is 0 Å². The summed E-state index contributed by atoms with van der Waals surface area (Å²) in [6, 6.07) is 6.04. The van der Waals surface area contributed by atoms with Crippen LogP contribution in [0.25, 0.3) is 0 Å². The molecule has 6 rings (SSSR count). The molecule has 0 spiro atoms. The fourth-order valence-corrected chi connectivity index (χ4v) is 7.05. The van der Waals surface area contributed by atoms with Crippen molar-refractivity contribution in [2.24, 2.45) is 17.8 Å². The molecule has 2 unspecified atom stereocenters. The third-order valence-corrected chi connectivity index (χ3v) is 7.89. The normalized spacial score (nSPS) is 36.9. The number of anilines is 1. The third kappa shape index (κ3) is 3.48. The molecule has 29 heavy (non-hydrogen) atoms. The number of nitro benzene ring substituents is 1. The number of nitrogens with one attached hydrogen (secondary N) is 1. The maximum Gasteiger partial charge on any atom is 0.311 e. The van der Waals surface area contributed by atoms with Crippen LogP contribution in [0.4, 0.5) is 11.4 Å². The first-order valence-corrected chi connectivity index (χ1v) is 11.0. The van der Waals surface area contributed by atoms with Gasteiger partial charge in [-0.3, -0.25) is 15.0 Å². The van der Waals surface area contributed by atoms with Crippen molar-refractivity contribution in [2.75, 3.05) is 25.5 Å². The summed E-state index contributed by atoms with van der Waals surface area (Å²) in [5.74, 6) is 2.40. The second-order valence-electron chi connectivity index (χ2n) is 9.78. The average molecular weight is 402 g/mol. The topological polar surface area (TPSA) is 87.9 Å². The van der Waals surface area contributed by atoms with E-state index in [9.17, 15) is 15.2 Å². The van der Waals surface area contributed by atoms with Crippen molar-refractivity contribution in [3.05, 3.63) is 28.3 Å². The largest absolute Gasteiger partial charge is 0.490 e. The number of nitro groups is 1. The summed E-state index contributed by atoms with van der Waals surface area (Å²) in [4.78, 5) is 13.4. The van der Waals surface area contributed by atoms with Gasteiger partial charge in [0.25, 0.3) is 0 Å². The molecule has 7 heteroatoms. The minimum absolute atomic E-state index is 0.00332. The third-order valence-electron chi connectivity index (χ3n) is 7.89. The summed E-state index contributed by atoms with van der Waals surface area (Å²) in [5, 5.41) is 25.5. The zero-order valence-corrected chi connectivity index (χ0v) is 17.0. The van der Waals surface area contributed by atoms with Crippen LogP contribution in [0.15, 0.2) is 18.2 Å². The Bertz CT molecular complexity index is 776. The summed E-state index contributed by atoms with van der Waals surface area (Å²) in [5.41, 5.74) is 0.515. The standard InChI is InChI=1S/C22H31N3O4/c1-29-20-10-18(2-3-19(20)25(27)28)23-17-4-6-24(7-5-17)21-15-8-14-9-16(21)13-22(26,11-14)12-15/h2-3,10,14-17,21,23,26H,4-9,11-13H2,1H3. The highest BCUT2D eigenvalue weighted by Crippen LogP contribution is 2.57. The maximum atomic E-state index is 11.1. The quantitative estimate of drug-likeness (QED) is 0.581. The highest BCUT2D eigenvalue weighted by Gasteiger charge is 2.56. The van der Waals surface area contributed by atoms with Crippen molar-refractivity contribution in [1.82, 2.24) is 4.90 Å². The molecule has 1 aromatic carbocycles. The van der Waals surface area contributed by atoms with Gasteiger partial charge in [0.2, 0.25) is 0 Å². The first-order valence-electron chi connectivity index (χ1n) is 11.0. The number of likely N-dealkylation sites (tertiary alicyclic amines) is 1. The first-order chi connectivity index (χ1) is 13.9. The molecule has 158 valence electrons. The van der Waals surface area contributed by atoms with E-state index in [0.717, 1.165) is 56.8 Å². The Balaban J connectivity index is 1.20. The van der Waals surface area contributed by atoms with Gasteiger partial charge in [0, 0.05) is 43.0 Å². The van der Waals surface area contributed by atoms with Crippen molar-refractivity contribution in [3.63, 3.8) is 0 Å². The number of rotatable bonds is 5. The summed E-state index contributed by atoms with van der Waals surface area (Å²) in [7, 11) is 1.46. The number of methoxy groups -OCH3 is 1. The molecule has 0 radical (unpaired) electrons. The Morgan fingerprint density at radius 2 is 1.90 bits per heavy atom. The van der Waals surface area contributed by atoms with Gasteiger partial charge < -0.3 is 15.2 Å². The van der Waals surface area contributed by atoms with Gasteiger partial charge in [-0.25, -0.2) is 0 Å². The van der Waals surface area contributed by atoms with Crippen LogP contribution in [0, 0.1) is 27.9 Å². The molecule has 2 N–H and O–H groups in total. The molecular formula is C22H31N3O4. The van der Waals surface area contributed by atoms with Crippen LogP contribution in [0.1, 0.15) is 44.9 Å². The van der Waals surface area contributed by atoms with Crippen molar-refractivity contribution in [2.45, 2.75) is 62.6 Å². The summed E-state index contributed by atoms with van der Waals surface area (Å²) in [6.45, 7) is 2.17. The number of hydrogen-bond acceptors (Lipinski definition) is 6. The smallest absolute Gasteiger partial charge is 0.311 e. The molecule has 7 nitrogen and oxygen atoms in total. The Kier molecular flexibility index (Phi) is 4.70. The molecule has 2 atom stereocenters. The number of nitrogens with zero attached hydrogens (tertiary/aromatic N) is 2. The Labute approximate surface area is 171 Å². The highest BCUT2D eigenvalue weighted by molar-refractivity contribution is 5.58. The zero-order chi connectivity index (χ0) is 20.2. The predicted octanol–water partition coefficient (Wildman–Crippen LogP) is 3.42. The molecule has 0 aromatic heterocycles. The lowest BCUT2D eigenvalue weighted by Gasteiger charge is -2.61. The Hall–Kier alpha value is -1.86. The van der Waals surface area contributed by atoms with Crippen molar-refractivity contribution >= 4 is 11.4 Å². The lowest BCUT2D eigenvalue weighted by Crippen LogP contribution is -2.62. The SMILES string of the molecule is COc1cc(NC2CCN(C3C4CC5CC3CC(O)(C5)C4)CC2)ccc1[N+](=O)[O-]. The second kappa shape index (κ2) is 7.13. The van der Waals surface area contributed by atoms with Gasteiger partial charge in [-0.15, -0.1) is 0 Å². The van der Waals surface area contributed by atoms with Gasteiger partial charge in [-0.2, -0.15) is 0 Å². The van der Waals surface area contributed by atoms with Crippen LogP contribution in [0.5, 0.6) is 5.75 Å². The van der Waals surface area contributed by atoms with E-state index in [4.69, 9.17) is 4.74 Å². The fraction of sp³-hybridized carbons (Fsp3) is 0.727. The Morgan fingerprint density at radius 1 is 1.21 bits per heavy atom. The summed E-state index contributed by atoms with van der Waals surface area (Å²) in [6.07, 6.45) is 7.81. The number of aliphatic hydroxyl groups is 1. The number of benzene rings is 1. The van der Waals surface area contributed by atoms with E-state index in [1.54, 1.807) is 12.1 Å². The van der Waals surface area contributed by atoms with Crippen molar-refractivity contribution < 1.29 is 14.8 Å². The lowest BCUT2D eigenvalue weighted by atomic mass is 9.52. The minimum atomic E-state index is -0.414. The van der Waals surface area contributed by atoms with Gasteiger partial charge in [0.1, 0.15) is 0 Å². The molecule has 4 saturated carbocycles. The van der Waals surface area contributed by atoms with E-state index in [1.807, 2.05) is 0 Å². The van der Waals surface area contributed by atoms with Crippen LogP contribution in [-0.2, 0) is 0 Å². The van der Waals surface area contributed by atoms with Crippen molar-refractivity contribution in [1.29, 1.82) is 0 Å². The fourth-order valence-electron chi connectivity index (χ4n) is 7.05. The summed E-state index contributed by atoms with van der Waals surface area (Å²) >= 11 is 0. The molecular weight excluding hydrogens is 370 g/mol. The van der Waals surface area contributed by atoms with E-state index in [1.165, 1.54) is 26.0 Å². The molecule has 0 amide bonds. The van der Waals surface area contributed by atoms with Crippen LogP contribution in [-0.4, -0.2) is 52.8 Å². The monoisotopic (exact) mass is 401 g/mol. The van der Waals surface area contributed by atoms with E-state index in [0.29, 0.717) is 29.7 Å². The van der Waals surface area contributed by atoms with Crippen LogP contribution < -0.4 is 10.1 Å². The van der Waals surface area contributed by atoms with Crippen LogP contribution in [0.3, 0.4) is 0 Å². The predicted molar refractivity (Wildman–Crippen MR) is 110 cm³/mol. The number of piperidine rings is 1. The van der Waals surface area contributed by atoms with Crippen LogP contribution in [0.2, 0.25) is 0 Å². The molecule has 1 heterocycles. The molecule has 4 aliphatic carbocycles. The van der Waals surface area contributed by atoms with E-state index >= 15 is 0 Å². The van der Waals surface area contributed by atoms with Gasteiger partial charge in [-0.05, 0) is 68.8 Å². The number of ether oxygens (including phenoxy) is 1. The van der Waals surface area contributed by atoms with Gasteiger partial charge in [0.05, 0.1) is 17.6 Å². The van der Waals surface area contributed by atoms with Crippen molar-refractivity contribution in [3.8, 4) is 5.75 Å². The average Bonchev–Trinajstić information content (AvgIpc) is 2.67. The lowest BCUT2D eigenvalue weighted by molar-refractivity contribution is -0.385. The summed E-state index contributed by atoms with van der Waals surface area (Å²) < 4.78 is 5.19. The second-order valence-corrected chi connectivity index (χ2v) is 9.78. The molecule has 1 aromatic rings. The molecule has 5 fully saturated rings. The minimum Gasteiger partial charge on any atom is -0.490 e. The van der Waals surface area contributed by atoms with Gasteiger partial charge in [0.15, 0.2) is 5.75 Å². The van der Waals surface area contributed by atoms with E-state index in [2.05, 4.69) is 10.2 Å². The number of hydrogen-bond donors (Lipinski definition) is 2. The van der Waals surface area contributed by atoms with E-state index < -0.39 is 4.92 Å². The molecule has 1 aliphatic heterocycles. The van der Waals surface area contributed by atoms with Crippen LogP contribution >= 0.6 is 0 Å². The molecule has 4 bridgehead atoms. The Morgan fingerprint density at radius 3 is 2.48 bits per heavy atom. The van der Waals surface area contributed by atoms with E-state index in [-0.39, 0.29) is 11.3 Å². The molecule has 1 saturated heterocycles.